The van der Waals surface area contributed by atoms with Crippen LogP contribution in [0.5, 0.6) is 0 Å². The van der Waals surface area contributed by atoms with Crippen molar-refractivity contribution in [1.29, 1.82) is 0 Å². The molecular weight excluding hydrogens is 290 g/mol. The summed E-state index contributed by atoms with van der Waals surface area (Å²) in [5, 5.41) is 6.90. The number of fused-ring (bicyclic) bond motifs is 1. The Morgan fingerprint density at radius 3 is 2.96 bits per heavy atom. The maximum absolute atomic E-state index is 12.5. The van der Waals surface area contributed by atoms with Crippen molar-refractivity contribution in [3.8, 4) is 0 Å². The number of rotatable bonds is 6. The Labute approximate surface area is 136 Å². The predicted octanol–water partition coefficient (Wildman–Crippen LogP) is 0.808. The van der Waals surface area contributed by atoms with Crippen molar-refractivity contribution in [2.75, 3.05) is 13.1 Å². The normalized spacial score (nSPS) is 37.0. The summed E-state index contributed by atoms with van der Waals surface area (Å²) in [6.07, 6.45) is 6.44. The number of nitrogens with two attached hydrogens (primary N) is 1. The Kier molecular flexibility index (Phi) is 3.46. The Balaban J connectivity index is 1.51. The molecule has 1 saturated heterocycles. The second-order valence-electron chi connectivity index (χ2n) is 7.35. The smallest absolute Gasteiger partial charge is 0.156 e. The van der Waals surface area contributed by atoms with Gasteiger partial charge in [0.15, 0.2) is 11.6 Å². The molecule has 0 amide bonds. The number of piperidine rings is 1. The molecule has 5 heteroatoms. The highest BCUT2D eigenvalue weighted by Crippen LogP contribution is 2.65. The van der Waals surface area contributed by atoms with Gasteiger partial charge in [0.25, 0.3) is 0 Å². The van der Waals surface area contributed by atoms with Crippen molar-refractivity contribution in [3.05, 3.63) is 22.9 Å². The van der Waals surface area contributed by atoms with Crippen LogP contribution in [0.4, 0.5) is 0 Å². The molecule has 0 aromatic rings. The van der Waals surface area contributed by atoms with Crippen LogP contribution in [0.2, 0.25) is 0 Å². The number of unbranched alkanes of at least 4 members (excludes halogenated alkanes) is 2. The number of carbonyl (C=O) groups excluding carboxylic acids is 2. The number of Topliss-reactive ketones (excluding diaryl/α,β-unsaturated/α-hetero) is 2. The number of ketones is 2. The molecule has 1 saturated carbocycles. The van der Waals surface area contributed by atoms with Gasteiger partial charge < -0.3 is 11.1 Å². The number of carbonyl (C=O) groups is 2. The van der Waals surface area contributed by atoms with Gasteiger partial charge in [0.1, 0.15) is 5.41 Å². The highest BCUT2D eigenvalue weighted by molar-refractivity contribution is 6.12. The van der Waals surface area contributed by atoms with Crippen molar-refractivity contribution >= 4 is 11.6 Å². The van der Waals surface area contributed by atoms with Crippen LogP contribution in [0.3, 0.4) is 0 Å². The Hall–Kier alpha value is -1.46. The molecule has 0 aromatic carbocycles. The molecule has 4 atom stereocenters. The van der Waals surface area contributed by atoms with E-state index in [1.165, 1.54) is 11.1 Å². The summed E-state index contributed by atoms with van der Waals surface area (Å²) >= 11 is 0. The lowest BCUT2D eigenvalue weighted by atomic mass is 9.78. The van der Waals surface area contributed by atoms with Crippen LogP contribution in [0.15, 0.2) is 22.9 Å². The molecule has 2 aliphatic carbocycles. The monoisotopic (exact) mass is 315 g/mol. The van der Waals surface area contributed by atoms with Gasteiger partial charge in [-0.3, -0.25) is 14.9 Å². The van der Waals surface area contributed by atoms with E-state index in [0.717, 1.165) is 37.9 Å². The van der Waals surface area contributed by atoms with Crippen LogP contribution in [-0.4, -0.2) is 36.7 Å². The van der Waals surface area contributed by atoms with Gasteiger partial charge in [0.2, 0.25) is 0 Å². The number of hydrogen-bond acceptors (Lipinski definition) is 5. The highest BCUT2D eigenvalue weighted by Gasteiger charge is 2.74. The lowest BCUT2D eigenvalue weighted by Gasteiger charge is -2.30. The van der Waals surface area contributed by atoms with Gasteiger partial charge in [-0.1, -0.05) is 18.1 Å². The first-order valence-electron chi connectivity index (χ1n) is 8.80. The van der Waals surface area contributed by atoms with Gasteiger partial charge in [-0.05, 0) is 38.3 Å². The Bertz CT molecular complexity index is 636. The van der Waals surface area contributed by atoms with Crippen LogP contribution in [0.1, 0.15) is 39.0 Å². The first-order chi connectivity index (χ1) is 11.1. The van der Waals surface area contributed by atoms with Crippen LogP contribution >= 0.6 is 0 Å². The van der Waals surface area contributed by atoms with Crippen LogP contribution < -0.4 is 16.4 Å². The molecule has 1 spiro atoms. The molecule has 4 rings (SSSR count). The van der Waals surface area contributed by atoms with E-state index in [9.17, 15) is 9.59 Å². The fourth-order valence-corrected chi connectivity index (χ4v) is 4.82. The van der Waals surface area contributed by atoms with Crippen molar-refractivity contribution in [1.82, 2.24) is 10.6 Å². The zero-order valence-electron chi connectivity index (χ0n) is 13.7. The van der Waals surface area contributed by atoms with E-state index >= 15 is 0 Å². The maximum atomic E-state index is 12.5. The lowest BCUT2D eigenvalue weighted by molar-refractivity contribution is -0.120. The third kappa shape index (κ3) is 1.99. The first-order valence-corrected chi connectivity index (χ1v) is 8.80. The van der Waals surface area contributed by atoms with E-state index in [-0.39, 0.29) is 23.8 Å². The molecule has 2 heterocycles. The summed E-state index contributed by atoms with van der Waals surface area (Å²) in [7, 11) is 0. The minimum absolute atomic E-state index is 0.0988. The molecular formula is C18H25N3O2. The summed E-state index contributed by atoms with van der Waals surface area (Å²) in [6.45, 7) is 3.56. The zero-order chi connectivity index (χ0) is 16.2. The van der Waals surface area contributed by atoms with Gasteiger partial charge in [-0.2, -0.15) is 0 Å². The van der Waals surface area contributed by atoms with Gasteiger partial charge in [0, 0.05) is 24.7 Å². The lowest BCUT2D eigenvalue weighted by Crippen LogP contribution is -2.41. The van der Waals surface area contributed by atoms with Crippen LogP contribution in [0.25, 0.3) is 0 Å². The molecule has 0 aromatic heterocycles. The standard InChI is InChI=1S/C18H25N3O2/c1-10-7-13-11(18-12(17(18)23)9-20-16(10)18)8-14(21-13)15(22)5-3-2-4-6-19/h8,12-14,20-21H,2-7,9,19H2,1H3. The van der Waals surface area contributed by atoms with Crippen molar-refractivity contribution < 1.29 is 9.59 Å². The first kappa shape index (κ1) is 15.1. The predicted molar refractivity (Wildman–Crippen MR) is 87.6 cm³/mol. The fraction of sp³-hybridized carbons (Fsp3) is 0.667. The largest absolute Gasteiger partial charge is 0.386 e. The minimum atomic E-state index is -0.394. The van der Waals surface area contributed by atoms with E-state index in [2.05, 4.69) is 23.6 Å². The van der Waals surface area contributed by atoms with Crippen LogP contribution in [0, 0.1) is 11.3 Å². The third-order valence-electron chi connectivity index (χ3n) is 5.99. The van der Waals surface area contributed by atoms with E-state index in [1.807, 2.05) is 0 Å². The second-order valence-corrected chi connectivity index (χ2v) is 7.35. The van der Waals surface area contributed by atoms with Crippen LogP contribution in [-0.2, 0) is 9.59 Å². The Morgan fingerprint density at radius 1 is 1.39 bits per heavy atom. The van der Waals surface area contributed by atoms with Crippen molar-refractivity contribution in [2.24, 2.45) is 17.1 Å². The van der Waals surface area contributed by atoms with Gasteiger partial charge in [-0.25, -0.2) is 0 Å². The summed E-state index contributed by atoms with van der Waals surface area (Å²) in [4.78, 5) is 24.9. The molecule has 23 heavy (non-hydrogen) atoms. The molecule has 124 valence electrons. The number of hydrogen-bond donors (Lipinski definition) is 3. The fourth-order valence-electron chi connectivity index (χ4n) is 4.82. The average molecular weight is 315 g/mol. The molecule has 2 aliphatic heterocycles. The topological polar surface area (TPSA) is 84.2 Å². The number of allylic oxidation sites excluding steroid dienone is 1. The maximum Gasteiger partial charge on any atom is 0.156 e. The van der Waals surface area contributed by atoms with Crippen molar-refractivity contribution in [3.63, 3.8) is 0 Å². The molecule has 0 radical (unpaired) electrons. The molecule has 4 unspecified atom stereocenters. The average Bonchev–Trinajstić information content (AvgIpc) is 2.90. The molecule has 2 fully saturated rings. The molecule has 5 nitrogen and oxygen atoms in total. The zero-order valence-corrected chi connectivity index (χ0v) is 13.7. The van der Waals surface area contributed by atoms with Crippen molar-refractivity contribution in [2.45, 2.75) is 51.1 Å². The molecule has 0 bridgehead atoms. The van der Waals surface area contributed by atoms with E-state index < -0.39 is 5.41 Å². The highest BCUT2D eigenvalue weighted by atomic mass is 16.1. The molecule has 4 N–H and O–H groups in total. The summed E-state index contributed by atoms with van der Waals surface area (Å²) in [6, 6.07) is -0.0605. The molecule has 4 aliphatic rings. The number of nitrogens with one attached hydrogen (secondary N) is 2. The summed E-state index contributed by atoms with van der Waals surface area (Å²) in [5.74, 6) is 0.691. The second kappa shape index (κ2) is 5.28. The summed E-state index contributed by atoms with van der Waals surface area (Å²) in [5.41, 5.74) is 8.66. The van der Waals surface area contributed by atoms with E-state index in [0.29, 0.717) is 18.7 Å². The van der Waals surface area contributed by atoms with E-state index in [1.54, 1.807) is 0 Å². The SMILES string of the molecule is CC1=C2NCC3C(=O)C23C2=CC(C(=O)CCCCCN)NC2C1. The third-order valence-corrected chi connectivity index (χ3v) is 5.99. The Morgan fingerprint density at radius 2 is 2.22 bits per heavy atom. The minimum Gasteiger partial charge on any atom is -0.386 e. The quantitative estimate of drug-likeness (QED) is 0.499. The van der Waals surface area contributed by atoms with E-state index in [4.69, 9.17) is 5.73 Å². The summed E-state index contributed by atoms with van der Waals surface area (Å²) < 4.78 is 0. The van der Waals surface area contributed by atoms with Gasteiger partial charge in [-0.15, -0.1) is 0 Å². The van der Waals surface area contributed by atoms with Gasteiger partial charge >= 0.3 is 0 Å². The van der Waals surface area contributed by atoms with Gasteiger partial charge in [0.05, 0.1) is 12.0 Å².